The number of halogens is 5. The van der Waals surface area contributed by atoms with Gasteiger partial charge in [0.2, 0.25) is 11.8 Å². The monoisotopic (exact) mass is 416 g/mol. The number of Topliss-reactive ketones (excluding diaryl/α,β-unsaturated/α-hetero) is 1. The van der Waals surface area contributed by atoms with E-state index in [9.17, 15) is 27.2 Å². The lowest BCUT2D eigenvalue weighted by molar-refractivity contribution is -0.146. The molecule has 0 aromatic carbocycles. The number of carbonyl (C=O) groups excluding carboxylic acids is 2. The fourth-order valence-corrected chi connectivity index (χ4v) is 2.80. The van der Waals surface area contributed by atoms with Crippen LogP contribution in [-0.4, -0.2) is 41.7 Å². The summed E-state index contributed by atoms with van der Waals surface area (Å²) in [5, 5.41) is 0. The molecule has 1 aromatic heterocycles. The number of ether oxygens (including phenoxy) is 1. The Kier molecular flexibility index (Phi) is 7.79. The van der Waals surface area contributed by atoms with E-state index >= 15 is 0 Å². The van der Waals surface area contributed by atoms with Gasteiger partial charge < -0.3 is 14.9 Å². The number of aromatic nitrogens is 1. The van der Waals surface area contributed by atoms with Crippen LogP contribution in [0.4, 0.5) is 17.6 Å². The first-order valence-corrected chi connectivity index (χ1v) is 8.17. The Balaban J connectivity index is 0.000000288. The third kappa shape index (κ3) is 5.90. The predicted molar refractivity (Wildman–Crippen MR) is 88.4 cm³/mol. The van der Waals surface area contributed by atoms with Crippen molar-refractivity contribution in [3.8, 4) is 0 Å². The van der Waals surface area contributed by atoms with Gasteiger partial charge in [-0.25, -0.2) is 27.3 Å². The van der Waals surface area contributed by atoms with Crippen LogP contribution in [0.5, 0.6) is 0 Å². The lowest BCUT2D eigenvalue weighted by Gasteiger charge is -2.33. The van der Waals surface area contributed by atoms with Gasteiger partial charge in [0.15, 0.2) is 12.1 Å². The number of nitrogens with zero attached hydrogens (tertiary/aromatic N) is 1. The van der Waals surface area contributed by atoms with E-state index in [2.05, 4.69) is 4.98 Å². The van der Waals surface area contributed by atoms with Crippen LogP contribution in [0.25, 0.3) is 0 Å². The molecule has 0 unspecified atom stereocenters. The van der Waals surface area contributed by atoms with E-state index in [0.29, 0.717) is 0 Å². The molecule has 2 saturated carbocycles. The zero-order chi connectivity index (χ0) is 19.5. The highest BCUT2D eigenvalue weighted by molar-refractivity contribution is 5.88. The summed E-state index contributed by atoms with van der Waals surface area (Å²) in [4.78, 5) is 25.7. The maximum Gasteiger partial charge on any atom is 0.360 e. The van der Waals surface area contributed by atoms with Gasteiger partial charge in [-0.15, -0.1) is 12.4 Å². The van der Waals surface area contributed by atoms with Crippen LogP contribution in [0.2, 0.25) is 0 Å². The topological polar surface area (TPSA) is 95.4 Å². The van der Waals surface area contributed by atoms with Crippen molar-refractivity contribution in [3.63, 3.8) is 0 Å². The molecule has 11 heteroatoms. The number of esters is 1. The molecular weight excluding hydrogens is 396 g/mol. The second-order valence-electron chi connectivity index (χ2n) is 6.38. The van der Waals surface area contributed by atoms with E-state index < -0.39 is 29.7 Å². The van der Waals surface area contributed by atoms with Crippen LogP contribution in [0.15, 0.2) is 10.8 Å². The van der Waals surface area contributed by atoms with E-state index in [1.54, 1.807) is 6.92 Å². The molecule has 154 valence electrons. The maximum absolute atomic E-state index is 12.7. The normalized spacial score (nSPS) is 20.2. The highest BCUT2D eigenvalue weighted by Gasteiger charge is 2.49. The number of rotatable bonds is 5. The van der Waals surface area contributed by atoms with Gasteiger partial charge in [-0.1, -0.05) is 0 Å². The molecule has 27 heavy (non-hydrogen) atoms. The minimum atomic E-state index is -2.65. The Hall–Kier alpha value is -1.68. The van der Waals surface area contributed by atoms with Crippen LogP contribution < -0.4 is 5.73 Å². The molecule has 0 bridgehead atoms. The standard InChI is InChI=1S/C10H11F2NO3.C6H9F2NO.ClH/c1-2-15-9(14)7-8(16-5-13-7)6-3-10(11,12)4-6;7-6(8)1-4(2-6)5(10)3-9;/h5-6H,2-4H2,1H3;4H,1-3,9H2;1H. The summed E-state index contributed by atoms with van der Waals surface area (Å²) in [5.74, 6) is -6.81. The molecule has 2 N–H and O–H groups in total. The Labute approximate surface area is 159 Å². The number of oxazole rings is 1. The van der Waals surface area contributed by atoms with Crippen molar-refractivity contribution in [1.82, 2.24) is 4.98 Å². The second kappa shape index (κ2) is 9.01. The summed E-state index contributed by atoms with van der Waals surface area (Å²) in [6.07, 6.45) is -0.118. The quantitative estimate of drug-likeness (QED) is 0.584. The Morgan fingerprint density at radius 3 is 2.22 bits per heavy atom. The molecule has 0 aliphatic heterocycles. The van der Waals surface area contributed by atoms with Gasteiger partial charge in [-0.3, -0.25) is 4.79 Å². The third-order valence-electron chi connectivity index (χ3n) is 4.27. The average Bonchev–Trinajstić information content (AvgIpc) is 2.99. The molecule has 0 spiro atoms. The number of carbonyl (C=O) groups is 2. The molecule has 0 amide bonds. The SMILES string of the molecule is CCOC(=O)c1ncoc1C1CC(F)(F)C1.Cl.NCC(=O)C1CC(F)(F)C1. The molecule has 1 aromatic rings. The number of ketones is 1. The molecule has 2 fully saturated rings. The maximum atomic E-state index is 12.7. The zero-order valence-corrected chi connectivity index (χ0v) is 15.4. The summed E-state index contributed by atoms with van der Waals surface area (Å²) in [6.45, 7) is 1.77. The smallest absolute Gasteiger partial charge is 0.360 e. The van der Waals surface area contributed by atoms with Gasteiger partial charge in [0.05, 0.1) is 13.2 Å². The number of nitrogens with two attached hydrogens (primary N) is 1. The molecule has 2 aliphatic carbocycles. The Morgan fingerprint density at radius 2 is 1.78 bits per heavy atom. The zero-order valence-electron chi connectivity index (χ0n) is 14.6. The van der Waals surface area contributed by atoms with Crippen LogP contribution >= 0.6 is 12.4 Å². The first kappa shape index (κ1) is 23.4. The van der Waals surface area contributed by atoms with E-state index in [-0.39, 0.29) is 68.5 Å². The van der Waals surface area contributed by atoms with Crippen molar-refractivity contribution in [2.45, 2.75) is 50.4 Å². The van der Waals surface area contributed by atoms with Crippen molar-refractivity contribution in [2.75, 3.05) is 13.2 Å². The fraction of sp³-hybridized carbons (Fsp3) is 0.688. The number of hydrogen-bond acceptors (Lipinski definition) is 6. The van der Waals surface area contributed by atoms with E-state index in [1.165, 1.54) is 0 Å². The van der Waals surface area contributed by atoms with Crippen LogP contribution in [0, 0.1) is 5.92 Å². The molecule has 0 atom stereocenters. The van der Waals surface area contributed by atoms with Crippen LogP contribution in [0.1, 0.15) is 54.8 Å². The second-order valence-corrected chi connectivity index (χ2v) is 6.38. The fourth-order valence-electron chi connectivity index (χ4n) is 2.80. The third-order valence-corrected chi connectivity index (χ3v) is 4.27. The molecule has 1 heterocycles. The molecule has 2 aliphatic rings. The van der Waals surface area contributed by atoms with E-state index in [4.69, 9.17) is 14.9 Å². The highest BCUT2D eigenvalue weighted by Crippen LogP contribution is 2.49. The average molecular weight is 417 g/mol. The molecule has 0 saturated heterocycles. The molecular formula is C16H21ClF4N2O4. The molecule has 3 rings (SSSR count). The summed E-state index contributed by atoms with van der Waals surface area (Å²) in [7, 11) is 0. The van der Waals surface area contributed by atoms with Gasteiger partial charge in [0.1, 0.15) is 11.5 Å². The number of alkyl halides is 4. The number of hydrogen-bond donors (Lipinski definition) is 1. The Morgan fingerprint density at radius 1 is 1.22 bits per heavy atom. The first-order valence-electron chi connectivity index (χ1n) is 8.17. The minimum absolute atomic E-state index is 0. The van der Waals surface area contributed by atoms with Gasteiger partial charge in [-0.2, -0.15) is 0 Å². The summed E-state index contributed by atoms with van der Waals surface area (Å²) in [5.41, 5.74) is 4.99. The van der Waals surface area contributed by atoms with Gasteiger partial charge in [0.25, 0.3) is 0 Å². The highest BCUT2D eigenvalue weighted by atomic mass is 35.5. The van der Waals surface area contributed by atoms with Crippen LogP contribution in [0.3, 0.4) is 0 Å². The lowest BCUT2D eigenvalue weighted by Crippen LogP contribution is -2.42. The lowest BCUT2D eigenvalue weighted by atomic mass is 9.78. The summed E-state index contributed by atoms with van der Waals surface area (Å²) >= 11 is 0. The minimum Gasteiger partial charge on any atom is -0.461 e. The van der Waals surface area contributed by atoms with Gasteiger partial charge in [-0.05, 0) is 6.92 Å². The van der Waals surface area contributed by atoms with Crippen molar-refractivity contribution < 1.29 is 36.3 Å². The van der Waals surface area contributed by atoms with Gasteiger partial charge >= 0.3 is 5.97 Å². The van der Waals surface area contributed by atoms with Crippen molar-refractivity contribution in [3.05, 3.63) is 17.8 Å². The summed E-state index contributed by atoms with van der Waals surface area (Å²) < 4.78 is 59.3. The van der Waals surface area contributed by atoms with E-state index in [0.717, 1.165) is 6.39 Å². The van der Waals surface area contributed by atoms with E-state index in [1.807, 2.05) is 0 Å². The van der Waals surface area contributed by atoms with Crippen molar-refractivity contribution in [1.29, 1.82) is 0 Å². The summed E-state index contributed by atoms with van der Waals surface area (Å²) in [6, 6.07) is 0. The van der Waals surface area contributed by atoms with Crippen LogP contribution in [-0.2, 0) is 9.53 Å². The Bertz CT molecular complexity index is 653. The molecule has 6 nitrogen and oxygen atoms in total. The molecule has 0 radical (unpaired) electrons. The van der Waals surface area contributed by atoms with Crippen molar-refractivity contribution in [2.24, 2.45) is 11.7 Å². The van der Waals surface area contributed by atoms with Crippen molar-refractivity contribution >= 4 is 24.2 Å². The van der Waals surface area contributed by atoms with Gasteiger partial charge in [0, 0.05) is 37.5 Å². The largest absolute Gasteiger partial charge is 0.461 e. The first-order chi connectivity index (χ1) is 12.1. The predicted octanol–water partition coefficient (Wildman–Crippen LogP) is 3.35.